The first-order valence-electron chi connectivity index (χ1n) is 22.1. The fourth-order valence-corrected chi connectivity index (χ4v) is 9.36. The summed E-state index contributed by atoms with van der Waals surface area (Å²) < 4.78 is 4.78. The topological polar surface area (TPSA) is 61.2 Å². The zero-order valence-electron chi connectivity index (χ0n) is 36.4. The zero-order valence-corrected chi connectivity index (χ0v) is 36.4. The van der Waals surface area contributed by atoms with Gasteiger partial charge in [0.05, 0.1) is 27.6 Å². The second-order valence-corrected chi connectivity index (χ2v) is 16.4. The number of nitrogens with zero attached hydrogens (tertiary/aromatic N) is 5. The summed E-state index contributed by atoms with van der Waals surface area (Å²) in [6.45, 7) is 5.85. The van der Waals surface area contributed by atoms with Crippen LogP contribution in [0.2, 0.25) is 0 Å². The number of aliphatic imine (C=N–C) groups is 2. The highest BCUT2D eigenvalue weighted by atomic mass is 15.1. The molecule has 0 aliphatic heterocycles. The van der Waals surface area contributed by atoms with Crippen LogP contribution in [0.5, 0.6) is 0 Å². The molecule has 9 aromatic carbocycles. The Morgan fingerprint density at radius 2 is 1.00 bits per heavy atom. The minimum atomic E-state index is 0.111. The predicted octanol–water partition coefficient (Wildman–Crippen LogP) is 15.4. The number of amidine groups is 2. The van der Waals surface area contributed by atoms with E-state index >= 15 is 0 Å². The summed E-state index contributed by atoms with van der Waals surface area (Å²) in [7, 11) is 0. The molecule has 0 spiro atoms. The number of aryl methyl sites for hydroxylation is 1. The minimum absolute atomic E-state index is 0.111. The van der Waals surface area contributed by atoms with Crippen LogP contribution in [0.1, 0.15) is 16.7 Å². The standard InChI is InChI=1S/C53H36N6.C7H8/c1-55-53(35-16-5-2-6-17-35)56-52(54)36-18-15-23-39(32-36)58-48-30-28-40(57(37-19-7-3-8-20-37)38-21-9-4-10-22-38)33-45(48)44-29-31-49-46(51(44)58)34-50-43-26-12-11-24-41(43)42-25-13-14-27-47(42)59(49)50;1-7-5-3-2-4-6-7/h2-34,54H,1H2;2-6H,1H3. The van der Waals surface area contributed by atoms with Crippen molar-refractivity contribution >= 4 is 95.4 Å². The Morgan fingerprint density at radius 3 is 1.65 bits per heavy atom. The maximum Gasteiger partial charge on any atom is 0.161 e. The first-order valence-corrected chi connectivity index (χ1v) is 22.1. The second kappa shape index (κ2) is 17.0. The predicted molar refractivity (Wildman–Crippen MR) is 279 cm³/mol. The summed E-state index contributed by atoms with van der Waals surface area (Å²) in [5.41, 5.74) is 12.6. The van der Waals surface area contributed by atoms with Crippen LogP contribution in [0.3, 0.4) is 0 Å². The monoisotopic (exact) mass is 848 g/mol. The molecule has 0 saturated carbocycles. The molecule has 0 saturated heterocycles. The third-order valence-electron chi connectivity index (χ3n) is 12.3. The number of anilines is 3. The largest absolute Gasteiger partial charge is 0.310 e. The van der Waals surface area contributed by atoms with E-state index in [2.05, 4.69) is 207 Å². The summed E-state index contributed by atoms with van der Waals surface area (Å²) >= 11 is 0. The fraction of sp³-hybridized carbons (Fsp3) is 0.0167. The van der Waals surface area contributed by atoms with Crippen LogP contribution in [0.15, 0.2) is 241 Å². The van der Waals surface area contributed by atoms with Crippen LogP contribution in [0.4, 0.5) is 17.1 Å². The number of para-hydroxylation sites is 3. The molecule has 0 radical (unpaired) electrons. The van der Waals surface area contributed by atoms with Crippen molar-refractivity contribution in [2.45, 2.75) is 6.92 Å². The molecule has 12 aromatic rings. The molecule has 0 aliphatic carbocycles. The van der Waals surface area contributed by atoms with E-state index in [-0.39, 0.29) is 5.84 Å². The molecule has 6 nitrogen and oxygen atoms in total. The SMILES string of the molecule is C=NC(=NC(=N)c1cccc(-n2c3ccc(N(c4ccccc4)c4ccccc4)cc3c3ccc4c(cc5c6ccccc6c6ccccc6n54)c32)c1)c1ccccc1.Cc1ccccc1. The number of fused-ring (bicyclic) bond motifs is 12. The van der Waals surface area contributed by atoms with Crippen LogP contribution in [-0.4, -0.2) is 27.4 Å². The molecule has 3 aromatic heterocycles. The molecule has 1 N–H and O–H groups in total. The van der Waals surface area contributed by atoms with Crippen molar-refractivity contribution in [2.75, 3.05) is 4.90 Å². The van der Waals surface area contributed by atoms with E-state index in [4.69, 9.17) is 5.41 Å². The van der Waals surface area contributed by atoms with Crippen LogP contribution in [-0.2, 0) is 0 Å². The lowest BCUT2D eigenvalue weighted by molar-refractivity contribution is 1.18. The number of rotatable bonds is 6. The lowest BCUT2D eigenvalue weighted by Gasteiger charge is -2.25. The van der Waals surface area contributed by atoms with Gasteiger partial charge in [0.2, 0.25) is 0 Å². The normalized spacial score (nSPS) is 11.6. The lowest BCUT2D eigenvalue weighted by Crippen LogP contribution is -2.09. The van der Waals surface area contributed by atoms with Crippen molar-refractivity contribution in [3.63, 3.8) is 0 Å². The van der Waals surface area contributed by atoms with E-state index in [1.165, 1.54) is 27.2 Å². The second-order valence-electron chi connectivity index (χ2n) is 16.4. The highest BCUT2D eigenvalue weighted by molar-refractivity contribution is 6.23. The molecular formula is C60H44N6. The number of pyridine rings is 1. The maximum atomic E-state index is 9.16. The van der Waals surface area contributed by atoms with Crippen molar-refractivity contribution in [1.82, 2.24) is 8.97 Å². The smallest absolute Gasteiger partial charge is 0.161 e. The van der Waals surface area contributed by atoms with Crippen LogP contribution in [0.25, 0.3) is 65.6 Å². The van der Waals surface area contributed by atoms with Gasteiger partial charge in [-0.2, -0.15) is 0 Å². The molecule has 66 heavy (non-hydrogen) atoms. The first-order chi connectivity index (χ1) is 32.6. The fourth-order valence-electron chi connectivity index (χ4n) is 9.36. The van der Waals surface area contributed by atoms with Gasteiger partial charge in [-0.15, -0.1) is 0 Å². The van der Waals surface area contributed by atoms with Gasteiger partial charge in [-0.3, -0.25) is 5.41 Å². The number of aromatic nitrogens is 2. The van der Waals surface area contributed by atoms with Gasteiger partial charge in [0.1, 0.15) is 0 Å². The number of hydrogen-bond donors (Lipinski definition) is 1. The van der Waals surface area contributed by atoms with Gasteiger partial charge in [-0.1, -0.05) is 163 Å². The Kier molecular flexibility index (Phi) is 10.3. The van der Waals surface area contributed by atoms with Gasteiger partial charge in [-0.25, -0.2) is 9.98 Å². The molecule has 0 bridgehead atoms. The summed E-state index contributed by atoms with van der Waals surface area (Å²) in [5.74, 6) is 0.522. The molecule has 314 valence electrons. The summed E-state index contributed by atoms with van der Waals surface area (Å²) in [5, 5.41) is 16.2. The number of benzene rings is 9. The number of hydrogen-bond acceptors (Lipinski definition) is 2. The van der Waals surface area contributed by atoms with Crippen LogP contribution >= 0.6 is 0 Å². The van der Waals surface area contributed by atoms with Crippen molar-refractivity contribution in [3.05, 3.63) is 247 Å². The quantitative estimate of drug-likeness (QED) is 0.101. The van der Waals surface area contributed by atoms with Crippen molar-refractivity contribution in [2.24, 2.45) is 9.98 Å². The molecule has 0 unspecified atom stereocenters. The van der Waals surface area contributed by atoms with Gasteiger partial charge < -0.3 is 13.9 Å². The van der Waals surface area contributed by atoms with E-state index in [1.807, 2.05) is 60.7 Å². The highest BCUT2D eigenvalue weighted by Gasteiger charge is 2.22. The van der Waals surface area contributed by atoms with Gasteiger partial charge in [0, 0.05) is 60.8 Å². The van der Waals surface area contributed by atoms with E-state index in [0.29, 0.717) is 11.4 Å². The molecule has 0 amide bonds. The van der Waals surface area contributed by atoms with E-state index in [1.54, 1.807) is 0 Å². The van der Waals surface area contributed by atoms with Crippen LogP contribution in [0, 0.1) is 12.3 Å². The molecule has 3 heterocycles. The average Bonchev–Trinajstić information content (AvgIpc) is 3.94. The van der Waals surface area contributed by atoms with Gasteiger partial charge in [-0.05, 0) is 91.8 Å². The summed E-state index contributed by atoms with van der Waals surface area (Å²) in [4.78, 5) is 11.2. The average molecular weight is 849 g/mol. The van der Waals surface area contributed by atoms with Gasteiger partial charge >= 0.3 is 0 Å². The van der Waals surface area contributed by atoms with Crippen LogP contribution < -0.4 is 4.90 Å². The third kappa shape index (κ3) is 7.07. The minimum Gasteiger partial charge on any atom is -0.310 e. The Hall–Kier alpha value is -8.87. The van der Waals surface area contributed by atoms with Crippen molar-refractivity contribution in [1.29, 1.82) is 5.41 Å². The first kappa shape index (κ1) is 39.9. The molecule has 0 aliphatic rings. The van der Waals surface area contributed by atoms with E-state index < -0.39 is 0 Å². The Morgan fingerprint density at radius 1 is 0.439 bits per heavy atom. The molecule has 0 fully saturated rings. The summed E-state index contributed by atoms with van der Waals surface area (Å²) in [6, 6.07) is 80.2. The third-order valence-corrected chi connectivity index (χ3v) is 12.3. The maximum absolute atomic E-state index is 9.16. The van der Waals surface area contributed by atoms with Gasteiger partial charge in [0.15, 0.2) is 11.7 Å². The van der Waals surface area contributed by atoms with E-state index in [0.717, 1.165) is 66.5 Å². The highest BCUT2D eigenvalue weighted by Crippen LogP contribution is 2.43. The number of nitrogens with one attached hydrogen (secondary N) is 1. The lowest BCUT2D eigenvalue weighted by atomic mass is 10.1. The van der Waals surface area contributed by atoms with Crippen molar-refractivity contribution < 1.29 is 0 Å². The molecule has 12 rings (SSSR count). The van der Waals surface area contributed by atoms with Gasteiger partial charge in [0.25, 0.3) is 0 Å². The Bertz CT molecular complexity index is 3750. The molecule has 0 atom stereocenters. The van der Waals surface area contributed by atoms with Crippen molar-refractivity contribution in [3.8, 4) is 5.69 Å². The summed E-state index contributed by atoms with van der Waals surface area (Å²) in [6.07, 6.45) is 0. The zero-order chi connectivity index (χ0) is 44.6. The molecular weight excluding hydrogens is 805 g/mol. The Labute approximate surface area is 382 Å². The van der Waals surface area contributed by atoms with E-state index in [9.17, 15) is 0 Å². The molecule has 6 heteroatoms. The Balaban J connectivity index is 0.000000632.